The summed E-state index contributed by atoms with van der Waals surface area (Å²) in [6, 6.07) is 10.5. The Morgan fingerprint density at radius 2 is 1.81 bits per heavy atom. The summed E-state index contributed by atoms with van der Waals surface area (Å²) < 4.78 is 50.9. The summed E-state index contributed by atoms with van der Waals surface area (Å²) in [5.41, 5.74) is 1.13. The van der Waals surface area contributed by atoms with Gasteiger partial charge in [0.25, 0.3) is 5.91 Å². The van der Waals surface area contributed by atoms with Crippen LogP contribution in [0.3, 0.4) is 0 Å². The molecule has 3 nitrogen and oxygen atoms in total. The van der Waals surface area contributed by atoms with Crippen molar-refractivity contribution in [1.82, 2.24) is 5.01 Å². The lowest BCUT2D eigenvalue weighted by molar-refractivity contribution is -0.137. The van der Waals surface area contributed by atoms with E-state index >= 15 is 0 Å². The number of halogens is 4. The van der Waals surface area contributed by atoms with Gasteiger partial charge < -0.3 is 0 Å². The summed E-state index contributed by atoms with van der Waals surface area (Å²) in [4.78, 5) is 12.3. The molecule has 0 aromatic heterocycles. The van der Waals surface area contributed by atoms with Crippen LogP contribution in [0, 0.1) is 5.82 Å². The zero-order chi connectivity index (χ0) is 18.7. The Morgan fingerprint density at radius 1 is 1.08 bits per heavy atom. The average Bonchev–Trinajstić information content (AvgIpc) is 3.08. The minimum absolute atomic E-state index is 0.234. The molecule has 2 aromatic carbocycles. The number of hydrogen-bond acceptors (Lipinski definition) is 2. The first-order valence-corrected chi connectivity index (χ1v) is 8.13. The Morgan fingerprint density at radius 3 is 2.46 bits per heavy atom. The van der Waals surface area contributed by atoms with Gasteiger partial charge in [-0.3, -0.25) is 4.79 Å². The summed E-state index contributed by atoms with van der Waals surface area (Å²) in [5.74, 6) is -0.851. The number of aryl methyl sites for hydroxylation is 1. The minimum atomic E-state index is -4.34. The molecule has 0 spiro atoms. The number of hydrazone groups is 1. The highest BCUT2D eigenvalue weighted by Gasteiger charge is 2.30. The fourth-order valence-electron chi connectivity index (χ4n) is 2.75. The van der Waals surface area contributed by atoms with Crippen molar-refractivity contribution in [3.05, 3.63) is 71.0 Å². The molecule has 0 unspecified atom stereocenters. The molecule has 26 heavy (non-hydrogen) atoms. The highest BCUT2D eigenvalue weighted by molar-refractivity contribution is 5.97. The largest absolute Gasteiger partial charge is 0.416 e. The monoisotopic (exact) mass is 364 g/mol. The van der Waals surface area contributed by atoms with Gasteiger partial charge in [-0.2, -0.15) is 18.3 Å². The normalized spacial score (nSPS) is 14.5. The van der Waals surface area contributed by atoms with Crippen LogP contribution in [0.25, 0.3) is 0 Å². The van der Waals surface area contributed by atoms with Crippen molar-refractivity contribution < 1.29 is 22.4 Å². The lowest BCUT2D eigenvalue weighted by Gasteiger charge is -2.11. The number of alkyl halides is 3. The number of nitrogens with zero attached hydrogens (tertiary/aromatic N) is 2. The zero-order valence-electron chi connectivity index (χ0n) is 13.8. The third-order valence-corrected chi connectivity index (χ3v) is 4.16. The number of carbonyl (C=O) groups is 1. The van der Waals surface area contributed by atoms with Crippen molar-refractivity contribution in [3.63, 3.8) is 0 Å². The van der Waals surface area contributed by atoms with Crippen LogP contribution in [0.4, 0.5) is 17.6 Å². The van der Waals surface area contributed by atoms with Gasteiger partial charge >= 0.3 is 6.18 Å². The fraction of sp³-hybridized carbons (Fsp3) is 0.263. The van der Waals surface area contributed by atoms with Gasteiger partial charge in [-0.1, -0.05) is 18.2 Å². The van der Waals surface area contributed by atoms with E-state index in [1.165, 1.54) is 35.3 Å². The van der Waals surface area contributed by atoms with E-state index in [1.807, 2.05) is 0 Å². The second-order valence-corrected chi connectivity index (χ2v) is 6.05. The summed E-state index contributed by atoms with van der Waals surface area (Å²) in [6.07, 6.45) is -2.65. The number of carbonyl (C=O) groups excluding carboxylic acids is 1. The lowest BCUT2D eigenvalue weighted by Crippen LogP contribution is -2.23. The van der Waals surface area contributed by atoms with Crippen molar-refractivity contribution >= 4 is 11.6 Å². The first-order chi connectivity index (χ1) is 12.3. The Hall–Kier alpha value is -2.70. The van der Waals surface area contributed by atoms with Crippen molar-refractivity contribution in [3.8, 4) is 0 Å². The molecule has 0 atom stereocenters. The molecule has 0 N–H and O–H groups in total. The summed E-state index contributed by atoms with van der Waals surface area (Å²) in [5, 5.41) is 5.57. The van der Waals surface area contributed by atoms with Gasteiger partial charge in [0.05, 0.1) is 12.1 Å². The predicted octanol–water partition coefficient (Wildman–Crippen LogP) is 4.68. The molecule has 2 aromatic rings. The smallest absolute Gasteiger partial charge is 0.267 e. The molecule has 0 aliphatic carbocycles. The molecule has 7 heteroatoms. The second-order valence-electron chi connectivity index (χ2n) is 6.05. The minimum Gasteiger partial charge on any atom is -0.267 e. The van der Waals surface area contributed by atoms with Crippen LogP contribution < -0.4 is 0 Å². The molecule has 0 radical (unpaired) electrons. The molecular formula is C19H16F4N2O. The van der Waals surface area contributed by atoms with E-state index in [4.69, 9.17) is 0 Å². The Balaban J connectivity index is 1.59. The van der Waals surface area contributed by atoms with E-state index in [0.29, 0.717) is 25.8 Å². The zero-order valence-corrected chi connectivity index (χ0v) is 13.8. The lowest BCUT2D eigenvalue weighted by atomic mass is 10.0. The molecule has 0 saturated heterocycles. The van der Waals surface area contributed by atoms with Crippen molar-refractivity contribution in [2.24, 2.45) is 5.10 Å². The number of benzene rings is 2. The molecule has 1 amide bonds. The maximum Gasteiger partial charge on any atom is 0.416 e. The van der Waals surface area contributed by atoms with E-state index in [1.54, 1.807) is 0 Å². The Labute approximate surface area is 147 Å². The van der Waals surface area contributed by atoms with Crippen LogP contribution in [0.1, 0.15) is 34.3 Å². The maximum atomic E-state index is 13.2. The van der Waals surface area contributed by atoms with E-state index in [0.717, 1.165) is 29.5 Å². The second kappa shape index (κ2) is 7.27. The number of hydrogen-bond donors (Lipinski definition) is 0. The van der Waals surface area contributed by atoms with Crippen molar-refractivity contribution in [2.75, 3.05) is 6.54 Å². The summed E-state index contributed by atoms with van der Waals surface area (Å²) in [6.45, 7) is 0.414. The van der Waals surface area contributed by atoms with Crippen LogP contribution >= 0.6 is 0 Å². The maximum absolute atomic E-state index is 13.2. The van der Waals surface area contributed by atoms with Crippen LogP contribution in [0.2, 0.25) is 0 Å². The van der Waals surface area contributed by atoms with Gasteiger partial charge in [-0.15, -0.1) is 0 Å². The van der Waals surface area contributed by atoms with Gasteiger partial charge in [0, 0.05) is 17.7 Å². The first-order valence-electron chi connectivity index (χ1n) is 8.13. The van der Waals surface area contributed by atoms with Crippen molar-refractivity contribution in [2.45, 2.75) is 25.4 Å². The Bertz CT molecular complexity index is 828. The van der Waals surface area contributed by atoms with Gasteiger partial charge in [0.1, 0.15) is 5.82 Å². The van der Waals surface area contributed by atoms with Crippen LogP contribution in [0.15, 0.2) is 53.6 Å². The highest BCUT2D eigenvalue weighted by atomic mass is 19.4. The van der Waals surface area contributed by atoms with E-state index in [-0.39, 0.29) is 11.5 Å². The molecule has 1 aliphatic rings. The molecule has 136 valence electrons. The van der Waals surface area contributed by atoms with Gasteiger partial charge in [0.15, 0.2) is 0 Å². The molecule has 0 fully saturated rings. The van der Waals surface area contributed by atoms with Crippen LogP contribution in [-0.4, -0.2) is 23.2 Å². The molecule has 1 heterocycles. The molecule has 0 bridgehead atoms. The number of amides is 1. The van der Waals surface area contributed by atoms with E-state index in [2.05, 4.69) is 5.10 Å². The SMILES string of the molecule is O=C(c1cccc(F)c1)N1CCC(CCc2ccc(C(F)(F)F)cc2)=N1. The van der Waals surface area contributed by atoms with Gasteiger partial charge in [-0.05, 0) is 48.7 Å². The summed E-state index contributed by atoms with van der Waals surface area (Å²) >= 11 is 0. The number of rotatable bonds is 4. The standard InChI is InChI=1S/C19H16F4N2O/c20-16-3-1-2-14(12-16)18(26)25-11-10-17(24-25)9-6-13-4-7-15(8-5-13)19(21,22)23/h1-5,7-8,12H,6,9-11H2. The molecule has 3 rings (SSSR count). The summed E-state index contributed by atoms with van der Waals surface area (Å²) in [7, 11) is 0. The molecule has 1 aliphatic heterocycles. The molecular weight excluding hydrogens is 348 g/mol. The topological polar surface area (TPSA) is 32.7 Å². The Kier molecular flexibility index (Phi) is 5.06. The fourth-order valence-corrected chi connectivity index (χ4v) is 2.75. The van der Waals surface area contributed by atoms with Crippen LogP contribution in [0.5, 0.6) is 0 Å². The van der Waals surface area contributed by atoms with E-state index in [9.17, 15) is 22.4 Å². The van der Waals surface area contributed by atoms with Crippen molar-refractivity contribution in [1.29, 1.82) is 0 Å². The van der Waals surface area contributed by atoms with Crippen LogP contribution in [-0.2, 0) is 12.6 Å². The highest BCUT2D eigenvalue weighted by Crippen LogP contribution is 2.29. The average molecular weight is 364 g/mol. The van der Waals surface area contributed by atoms with Gasteiger partial charge in [0.2, 0.25) is 0 Å². The molecule has 0 saturated carbocycles. The third-order valence-electron chi connectivity index (χ3n) is 4.16. The van der Waals surface area contributed by atoms with E-state index < -0.39 is 17.6 Å². The van der Waals surface area contributed by atoms with Gasteiger partial charge in [-0.25, -0.2) is 9.40 Å². The quantitative estimate of drug-likeness (QED) is 0.725. The third kappa shape index (κ3) is 4.28. The predicted molar refractivity (Wildman–Crippen MR) is 89.3 cm³/mol. The first kappa shape index (κ1) is 18.1.